The van der Waals surface area contributed by atoms with Gasteiger partial charge >= 0.3 is 6.03 Å². The molecular formula is C21H30N4O3. The Hall–Kier alpha value is -2.57. The number of hydrogen-bond acceptors (Lipinski definition) is 3. The summed E-state index contributed by atoms with van der Waals surface area (Å²) < 4.78 is 0. The van der Waals surface area contributed by atoms with E-state index in [4.69, 9.17) is 0 Å². The molecule has 7 nitrogen and oxygen atoms in total. The van der Waals surface area contributed by atoms with Crippen LogP contribution in [0.15, 0.2) is 24.3 Å². The lowest BCUT2D eigenvalue weighted by molar-refractivity contribution is -0.117. The van der Waals surface area contributed by atoms with E-state index in [-0.39, 0.29) is 29.8 Å². The first-order valence-electron chi connectivity index (χ1n) is 10.4. The highest BCUT2D eigenvalue weighted by molar-refractivity contribution is 5.95. The molecule has 4 amide bonds. The highest BCUT2D eigenvalue weighted by atomic mass is 16.2. The Labute approximate surface area is 166 Å². The number of anilines is 2. The van der Waals surface area contributed by atoms with Gasteiger partial charge in [0.2, 0.25) is 11.8 Å². The highest BCUT2D eigenvalue weighted by Crippen LogP contribution is 2.30. The van der Waals surface area contributed by atoms with Crippen LogP contribution in [0, 0.1) is 5.92 Å². The van der Waals surface area contributed by atoms with E-state index in [1.807, 2.05) is 0 Å². The maximum Gasteiger partial charge on any atom is 0.315 e. The molecule has 0 radical (unpaired) electrons. The average molecular weight is 386 g/mol. The number of carbonyl (C=O) groups is 3. The average Bonchev–Trinajstić information content (AvgIpc) is 3.53. The molecule has 2 aliphatic rings. The number of rotatable bonds is 8. The minimum Gasteiger partial charge on any atom is -0.338 e. The highest BCUT2D eigenvalue weighted by Gasteiger charge is 2.29. The fourth-order valence-corrected chi connectivity index (χ4v) is 3.38. The summed E-state index contributed by atoms with van der Waals surface area (Å²) in [5, 5.41) is 11.5. The van der Waals surface area contributed by atoms with Crippen LogP contribution in [0.2, 0.25) is 0 Å². The van der Waals surface area contributed by atoms with Crippen molar-refractivity contribution >= 4 is 29.2 Å². The van der Waals surface area contributed by atoms with E-state index in [0.717, 1.165) is 31.4 Å². The van der Waals surface area contributed by atoms with Crippen molar-refractivity contribution in [1.82, 2.24) is 10.6 Å². The van der Waals surface area contributed by atoms with Gasteiger partial charge in [-0.05, 0) is 56.4 Å². The third-order valence-corrected chi connectivity index (χ3v) is 5.19. The molecule has 0 heterocycles. The lowest BCUT2D eigenvalue weighted by atomic mass is 9.96. The van der Waals surface area contributed by atoms with Crippen molar-refractivity contribution in [2.24, 2.45) is 5.92 Å². The van der Waals surface area contributed by atoms with Crippen LogP contribution in [0.1, 0.15) is 57.8 Å². The monoisotopic (exact) mass is 386 g/mol. The van der Waals surface area contributed by atoms with E-state index in [0.29, 0.717) is 25.1 Å². The fourth-order valence-electron chi connectivity index (χ4n) is 3.38. The van der Waals surface area contributed by atoms with E-state index in [1.165, 1.54) is 19.3 Å². The summed E-state index contributed by atoms with van der Waals surface area (Å²) in [5.74, 6) is 0.138. The summed E-state index contributed by atoms with van der Waals surface area (Å²) >= 11 is 0. The summed E-state index contributed by atoms with van der Waals surface area (Å²) in [6.07, 6.45) is 8.58. The summed E-state index contributed by atoms with van der Waals surface area (Å²) in [6.45, 7) is 0.470. The van der Waals surface area contributed by atoms with Gasteiger partial charge in [0.05, 0.1) is 0 Å². The van der Waals surface area contributed by atoms with Crippen molar-refractivity contribution in [2.45, 2.75) is 63.8 Å². The Kier molecular flexibility index (Phi) is 7.28. The number of nitrogens with one attached hydrogen (secondary N) is 4. The molecule has 2 fully saturated rings. The van der Waals surface area contributed by atoms with E-state index >= 15 is 0 Å². The van der Waals surface area contributed by atoms with Crippen LogP contribution >= 0.6 is 0 Å². The molecule has 0 atom stereocenters. The van der Waals surface area contributed by atoms with Crippen LogP contribution in [0.5, 0.6) is 0 Å². The Morgan fingerprint density at radius 3 is 2.14 bits per heavy atom. The second-order valence-corrected chi connectivity index (χ2v) is 7.73. The minimum atomic E-state index is -0.142. The summed E-state index contributed by atoms with van der Waals surface area (Å²) in [4.78, 5) is 35.6. The molecule has 0 unspecified atom stereocenters. The zero-order chi connectivity index (χ0) is 19.8. The van der Waals surface area contributed by atoms with Gasteiger partial charge in [-0.25, -0.2) is 4.79 Å². The van der Waals surface area contributed by atoms with Crippen LogP contribution in [0.4, 0.5) is 16.2 Å². The Morgan fingerprint density at radius 2 is 1.50 bits per heavy atom. The third-order valence-electron chi connectivity index (χ3n) is 5.19. The Morgan fingerprint density at radius 1 is 0.857 bits per heavy atom. The maximum atomic E-state index is 12.0. The fraction of sp³-hybridized carbons (Fsp3) is 0.571. The van der Waals surface area contributed by atoms with Crippen LogP contribution in [-0.4, -0.2) is 30.4 Å². The molecule has 0 bridgehead atoms. The van der Waals surface area contributed by atoms with Crippen molar-refractivity contribution in [2.75, 3.05) is 17.2 Å². The number of urea groups is 1. The minimum absolute atomic E-state index is 0.0665. The standard InChI is InChI=1S/C21H30N4O3/c26-19(7-4-14-22-21(28)25-16-5-2-1-3-6-16)23-17-10-12-18(13-11-17)24-20(27)15-8-9-15/h10-13,15-16H,1-9,14H2,(H,23,26)(H,24,27)(H2,22,25,28). The van der Waals surface area contributed by atoms with E-state index in [1.54, 1.807) is 24.3 Å². The predicted octanol–water partition coefficient (Wildman–Crippen LogP) is 3.39. The van der Waals surface area contributed by atoms with Gasteiger partial charge < -0.3 is 21.3 Å². The van der Waals surface area contributed by atoms with Crippen molar-refractivity contribution < 1.29 is 14.4 Å². The van der Waals surface area contributed by atoms with Gasteiger partial charge in [-0.1, -0.05) is 19.3 Å². The van der Waals surface area contributed by atoms with Crippen molar-refractivity contribution in [3.8, 4) is 0 Å². The van der Waals surface area contributed by atoms with Crippen LogP contribution in [-0.2, 0) is 9.59 Å². The molecule has 1 aromatic carbocycles. The third kappa shape index (κ3) is 6.87. The zero-order valence-electron chi connectivity index (χ0n) is 16.3. The van der Waals surface area contributed by atoms with Crippen LogP contribution in [0.25, 0.3) is 0 Å². The van der Waals surface area contributed by atoms with Crippen molar-refractivity contribution in [1.29, 1.82) is 0 Å². The van der Waals surface area contributed by atoms with E-state index < -0.39 is 0 Å². The topological polar surface area (TPSA) is 99.3 Å². The lowest BCUT2D eigenvalue weighted by Crippen LogP contribution is -2.43. The Balaban J connectivity index is 1.28. The molecule has 2 saturated carbocycles. The largest absolute Gasteiger partial charge is 0.338 e. The summed E-state index contributed by atoms with van der Waals surface area (Å²) in [5.41, 5.74) is 1.43. The normalized spacial score (nSPS) is 16.9. The van der Waals surface area contributed by atoms with Crippen LogP contribution < -0.4 is 21.3 Å². The first-order chi connectivity index (χ1) is 13.6. The summed E-state index contributed by atoms with van der Waals surface area (Å²) in [6, 6.07) is 7.26. The molecule has 3 rings (SSSR count). The van der Waals surface area contributed by atoms with Gasteiger partial charge in [0, 0.05) is 36.3 Å². The van der Waals surface area contributed by atoms with E-state index in [2.05, 4.69) is 21.3 Å². The van der Waals surface area contributed by atoms with Gasteiger partial charge in [-0.2, -0.15) is 0 Å². The van der Waals surface area contributed by atoms with Gasteiger partial charge in [-0.3, -0.25) is 9.59 Å². The molecule has 28 heavy (non-hydrogen) atoms. The predicted molar refractivity (Wildman–Crippen MR) is 109 cm³/mol. The van der Waals surface area contributed by atoms with E-state index in [9.17, 15) is 14.4 Å². The van der Waals surface area contributed by atoms with Gasteiger partial charge in [-0.15, -0.1) is 0 Å². The smallest absolute Gasteiger partial charge is 0.315 e. The maximum absolute atomic E-state index is 12.0. The molecule has 0 saturated heterocycles. The Bertz CT molecular complexity index is 679. The SMILES string of the molecule is O=C(CCCNC(=O)NC1CCCCC1)Nc1ccc(NC(=O)C2CC2)cc1. The second kappa shape index (κ2) is 10.1. The molecule has 152 valence electrons. The van der Waals surface area contributed by atoms with Crippen molar-refractivity contribution in [3.05, 3.63) is 24.3 Å². The molecule has 0 aliphatic heterocycles. The number of hydrogen-bond donors (Lipinski definition) is 4. The zero-order valence-corrected chi connectivity index (χ0v) is 16.3. The first-order valence-corrected chi connectivity index (χ1v) is 10.4. The molecule has 7 heteroatoms. The number of benzene rings is 1. The molecular weight excluding hydrogens is 356 g/mol. The molecule has 4 N–H and O–H groups in total. The molecule has 2 aliphatic carbocycles. The molecule has 0 aromatic heterocycles. The van der Waals surface area contributed by atoms with Gasteiger partial charge in [0.25, 0.3) is 0 Å². The summed E-state index contributed by atoms with van der Waals surface area (Å²) in [7, 11) is 0. The quantitative estimate of drug-likeness (QED) is 0.515. The van der Waals surface area contributed by atoms with Gasteiger partial charge in [0.15, 0.2) is 0 Å². The first kappa shape index (κ1) is 20.2. The number of carbonyl (C=O) groups excluding carboxylic acids is 3. The lowest BCUT2D eigenvalue weighted by Gasteiger charge is -2.22. The molecule has 0 spiro atoms. The van der Waals surface area contributed by atoms with Crippen molar-refractivity contribution in [3.63, 3.8) is 0 Å². The van der Waals surface area contributed by atoms with Gasteiger partial charge in [0.1, 0.15) is 0 Å². The van der Waals surface area contributed by atoms with Crippen LogP contribution in [0.3, 0.4) is 0 Å². The molecule has 1 aromatic rings. The number of amides is 4. The second-order valence-electron chi connectivity index (χ2n) is 7.73.